The lowest BCUT2D eigenvalue weighted by molar-refractivity contribution is -0.384. The van der Waals surface area contributed by atoms with Crippen LogP contribution in [0.4, 0.5) is 14.5 Å². The summed E-state index contributed by atoms with van der Waals surface area (Å²) in [5.74, 6) is -0.516. The van der Waals surface area contributed by atoms with Crippen LogP contribution in [0.2, 0.25) is 0 Å². The molecule has 0 saturated carbocycles. The number of ether oxygens (including phenoxy) is 2. The van der Waals surface area contributed by atoms with Gasteiger partial charge in [0.2, 0.25) is 0 Å². The molecule has 0 unspecified atom stereocenters. The molecule has 0 atom stereocenters. The number of carbonyl (C=O) groups is 1. The second kappa shape index (κ2) is 8.99. The van der Waals surface area contributed by atoms with E-state index < -0.39 is 11.5 Å². The van der Waals surface area contributed by atoms with E-state index in [9.17, 15) is 23.7 Å². The molecule has 30 heavy (non-hydrogen) atoms. The number of non-ortho nitro benzene ring substituents is 1. The van der Waals surface area contributed by atoms with E-state index in [1.165, 1.54) is 43.5 Å². The quantitative estimate of drug-likeness (QED) is 0.227. The number of methoxy groups -OCH3 is 1. The molecule has 0 aliphatic carbocycles. The molecule has 0 fully saturated rings. The van der Waals surface area contributed by atoms with Crippen molar-refractivity contribution < 1.29 is 28.0 Å². The van der Waals surface area contributed by atoms with Crippen molar-refractivity contribution in [1.29, 1.82) is 0 Å². The number of rotatable bonds is 8. The molecule has 2 aromatic carbocycles. The topological polar surface area (TPSA) is 83.6 Å². The van der Waals surface area contributed by atoms with E-state index in [1.807, 2.05) is 0 Å². The zero-order valence-corrected chi connectivity index (χ0v) is 15.7. The van der Waals surface area contributed by atoms with Crippen LogP contribution in [0.15, 0.2) is 66.9 Å². The molecule has 0 amide bonds. The third-order valence-corrected chi connectivity index (χ3v) is 4.19. The number of ketones is 1. The highest BCUT2D eigenvalue weighted by molar-refractivity contribution is 6.07. The summed E-state index contributed by atoms with van der Waals surface area (Å²) in [6, 6.07) is 13.4. The Morgan fingerprint density at radius 1 is 1.13 bits per heavy atom. The molecule has 0 saturated heterocycles. The highest BCUT2D eigenvalue weighted by Gasteiger charge is 2.13. The van der Waals surface area contributed by atoms with Crippen molar-refractivity contribution in [3.63, 3.8) is 0 Å². The minimum absolute atomic E-state index is 0.0174. The van der Waals surface area contributed by atoms with Crippen LogP contribution < -0.4 is 9.47 Å². The number of carbonyl (C=O) groups excluding carboxylic acids is 1. The van der Waals surface area contributed by atoms with Gasteiger partial charge in [-0.2, -0.15) is 8.78 Å². The number of benzene rings is 2. The molecule has 1 heterocycles. The molecular formula is C21H16F2N2O5. The molecule has 3 aromatic rings. The first-order valence-corrected chi connectivity index (χ1v) is 8.66. The normalized spacial score (nSPS) is 11.1. The molecule has 154 valence electrons. The SMILES string of the molecule is COc1cc(C(=O)/C=C/c2cccn2-c2ccc([N+](=O)[O-])cc2)ccc1OC(F)F. The van der Waals surface area contributed by atoms with E-state index in [4.69, 9.17) is 4.74 Å². The van der Waals surface area contributed by atoms with Crippen molar-refractivity contribution in [3.8, 4) is 17.2 Å². The largest absolute Gasteiger partial charge is 0.493 e. The van der Waals surface area contributed by atoms with Crippen LogP contribution in [0.1, 0.15) is 16.1 Å². The van der Waals surface area contributed by atoms with Crippen LogP contribution in [0.3, 0.4) is 0 Å². The van der Waals surface area contributed by atoms with Gasteiger partial charge < -0.3 is 14.0 Å². The van der Waals surface area contributed by atoms with Gasteiger partial charge >= 0.3 is 6.61 Å². The van der Waals surface area contributed by atoms with Crippen molar-refractivity contribution in [2.24, 2.45) is 0 Å². The van der Waals surface area contributed by atoms with Gasteiger partial charge in [0.15, 0.2) is 17.3 Å². The number of nitro groups is 1. The smallest absolute Gasteiger partial charge is 0.387 e. The first-order valence-electron chi connectivity index (χ1n) is 8.66. The molecular weight excluding hydrogens is 398 g/mol. The fraction of sp³-hybridized carbons (Fsp3) is 0.0952. The molecule has 3 rings (SSSR count). The Balaban J connectivity index is 1.81. The second-order valence-corrected chi connectivity index (χ2v) is 6.02. The van der Waals surface area contributed by atoms with Crippen LogP contribution >= 0.6 is 0 Å². The molecule has 1 aromatic heterocycles. The van der Waals surface area contributed by atoms with Crippen molar-refractivity contribution in [2.75, 3.05) is 7.11 Å². The standard InChI is InChI=1S/C21H16F2N2O5/c1-29-20-13-14(4-11-19(20)30-21(22)23)18(26)10-9-15-3-2-12-24(15)16-5-7-17(8-6-16)25(27)28/h2-13,21H,1H3/b10-9+. The van der Waals surface area contributed by atoms with Gasteiger partial charge in [-0.1, -0.05) is 0 Å². The molecule has 9 heteroatoms. The summed E-state index contributed by atoms with van der Waals surface area (Å²) < 4.78 is 35.9. The Labute approximate surface area is 169 Å². The van der Waals surface area contributed by atoms with E-state index in [2.05, 4.69) is 4.74 Å². The molecule has 7 nitrogen and oxygen atoms in total. The van der Waals surface area contributed by atoms with Crippen LogP contribution in [0.5, 0.6) is 11.5 Å². The van der Waals surface area contributed by atoms with E-state index >= 15 is 0 Å². The summed E-state index contributed by atoms with van der Waals surface area (Å²) in [5.41, 5.74) is 1.57. The van der Waals surface area contributed by atoms with E-state index in [0.29, 0.717) is 11.4 Å². The summed E-state index contributed by atoms with van der Waals surface area (Å²) in [7, 11) is 1.29. The second-order valence-electron chi connectivity index (χ2n) is 6.02. The molecule has 0 radical (unpaired) electrons. The van der Waals surface area contributed by atoms with Gasteiger partial charge in [0, 0.05) is 35.3 Å². The van der Waals surface area contributed by atoms with Gasteiger partial charge in [-0.15, -0.1) is 0 Å². The number of halogens is 2. The third-order valence-electron chi connectivity index (χ3n) is 4.19. The molecule has 0 spiro atoms. The fourth-order valence-corrected chi connectivity index (χ4v) is 2.77. The number of hydrogen-bond acceptors (Lipinski definition) is 5. The minimum atomic E-state index is -3.01. The van der Waals surface area contributed by atoms with Crippen LogP contribution in [0, 0.1) is 10.1 Å². The first kappa shape index (κ1) is 20.7. The average Bonchev–Trinajstić information content (AvgIpc) is 3.20. The summed E-state index contributed by atoms with van der Waals surface area (Å²) in [6.45, 7) is -3.01. The Bertz CT molecular complexity index is 1090. The van der Waals surface area contributed by atoms with Crippen molar-refractivity contribution in [1.82, 2.24) is 4.57 Å². The lowest BCUT2D eigenvalue weighted by Crippen LogP contribution is -2.04. The van der Waals surface area contributed by atoms with Crippen molar-refractivity contribution in [2.45, 2.75) is 6.61 Å². The van der Waals surface area contributed by atoms with Crippen LogP contribution in [0.25, 0.3) is 11.8 Å². The number of nitrogens with zero attached hydrogens (tertiary/aromatic N) is 2. The van der Waals surface area contributed by atoms with Gasteiger partial charge in [0.05, 0.1) is 12.0 Å². The predicted octanol–water partition coefficient (Wildman–Crippen LogP) is 4.89. The predicted molar refractivity (Wildman–Crippen MR) is 105 cm³/mol. The highest BCUT2D eigenvalue weighted by atomic mass is 19.3. The van der Waals surface area contributed by atoms with Crippen molar-refractivity contribution >= 4 is 17.5 Å². The summed E-state index contributed by atoms with van der Waals surface area (Å²) in [4.78, 5) is 22.8. The molecule has 0 aliphatic heterocycles. The van der Waals surface area contributed by atoms with Crippen molar-refractivity contribution in [3.05, 3.63) is 88.2 Å². The van der Waals surface area contributed by atoms with Gasteiger partial charge in [0.1, 0.15) is 0 Å². The van der Waals surface area contributed by atoms with Gasteiger partial charge in [-0.3, -0.25) is 14.9 Å². The number of alkyl halides is 2. The number of aromatic nitrogens is 1. The summed E-state index contributed by atoms with van der Waals surface area (Å²) >= 11 is 0. The van der Waals surface area contributed by atoms with Crippen LogP contribution in [-0.2, 0) is 0 Å². The Kier molecular flexibility index (Phi) is 6.21. The maximum absolute atomic E-state index is 12.5. The lowest BCUT2D eigenvalue weighted by Gasteiger charge is -2.10. The summed E-state index contributed by atoms with van der Waals surface area (Å²) in [5, 5.41) is 10.8. The maximum Gasteiger partial charge on any atom is 0.387 e. The zero-order chi connectivity index (χ0) is 21.7. The highest BCUT2D eigenvalue weighted by Crippen LogP contribution is 2.29. The number of allylic oxidation sites excluding steroid dienone is 1. The van der Waals surface area contributed by atoms with Gasteiger partial charge in [-0.05, 0) is 54.6 Å². The summed E-state index contributed by atoms with van der Waals surface area (Å²) in [6.07, 6.45) is 4.67. The molecule has 0 aliphatic rings. The maximum atomic E-state index is 12.5. The lowest BCUT2D eigenvalue weighted by atomic mass is 10.1. The fourth-order valence-electron chi connectivity index (χ4n) is 2.77. The zero-order valence-electron chi connectivity index (χ0n) is 15.7. The Hall–Kier alpha value is -4.01. The minimum Gasteiger partial charge on any atom is -0.493 e. The average molecular weight is 414 g/mol. The monoisotopic (exact) mass is 414 g/mol. The van der Waals surface area contributed by atoms with Crippen LogP contribution in [-0.4, -0.2) is 29.0 Å². The number of hydrogen-bond donors (Lipinski definition) is 0. The van der Waals surface area contributed by atoms with Gasteiger partial charge in [-0.25, -0.2) is 0 Å². The van der Waals surface area contributed by atoms with E-state index in [1.54, 1.807) is 41.1 Å². The molecule has 0 bridgehead atoms. The van der Waals surface area contributed by atoms with E-state index in [-0.39, 0.29) is 28.5 Å². The Morgan fingerprint density at radius 3 is 2.50 bits per heavy atom. The van der Waals surface area contributed by atoms with E-state index in [0.717, 1.165) is 0 Å². The number of nitro benzene ring substituents is 1. The first-order chi connectivity index (χ1) is 14.4. The third kappa shape index (κ3) is 4.69. The molecule has 0 N–H and O–H groups in total. The van der Waals surface area contributed by atoms with Gasteiger partial charge in [0.25, 0.3) is 5.69 Å². The Morgan fingerprint density at radius 2 is 1.87 bits per heavy atom.